The number of aryl methyl sites for hydroxylation is 2. The van der Waals surface area contributed by atoms with Crippen molar-refractivity contribution in [3.63, 3.8) is 0 Å². The first kappa shape index (κ1) is 21.3. The number of carbonyl (C=O) groups is 1. The van der Waals surface area contributed by atoms with Gasteiger partial charge in [-0.25, -0.2) is 8.42 Å². The van der Waals surface area contributed by atoms with E-state index in [1.807, 2.05) is 17.0 Å². The maximum Gasteiger partial charge on any atom is 0.223 e. The Morgan fingerprint density at radius 2 is 1.86 bits per heavy atom. The zero-order chi connectivity index (χ0) is 20.3. The quantitative estimate of drug-likeness (QED) is 0.699. The van der Waals surface area contributed by atoms with Crippen LogP contribution in [0, 0.1) is 5.92 Å². The number of fused-ring (bicyclic) bond motifs is 1. The van der Waals surface area contributed by atoms with Crippen LogP contribution in [0.4, 0.5) is 0 Å². The summed E-state index contributed by atoms with van der Waals surface area (Å²) in [6.07, 6.45) is 5.08. The van der Waals surface area contributed by atoms with E-state index in [-0.39, 0.29) is 24.1 Å². The van der Waals surface area contributed by atoms with Crippen molar-refractivity contribution < 1.29 is 13.2 Å². The molecule has 28 heavy (non-hydrogen) atoms. The van der Waals surface area contributed by atoms with Crippen LogP contribution in [0.15, 0.2) is 23.1 Å². The maximum absolute atomic E-state index is 13.0. The van der Waals surface area contributed by atoms with Gasteiger partial charge in [-0.2, -0.15) is 0 Å². The van der Waals surface area contributed by atoms with Gasteiger partial charge in [-0.15, -0.1) is 0 Å². The number of benzene rings is 1. The summed E-state index contributed by atoms with van der Waals surface area (Å²) in [6.45, 7) is 6.89. The van der Waals surface area contributed by atoms with Gasteiger partial charge < -0.3 is 9.80 Å². The van der Waals surface area contributed by atoms with E-state index in [1.165, 1.54) is 5.56 Å². The van der Waals surface area contributed by atoms with Crippen LogP contribution < -0.4 is 0 Å². The Hall–Kier alpha value is -1.40. The molecule has 0 atom stereocenters. The molecular formula is C22H34N2O3S. The minimum Gasteiger partial charge on any atom is -0.339 e. The number of likely N-dealkylation sites (tertiary alicyclic amines) is 1. The monoisotopic (exact) mass is 406 g/mol. The number of sulfone groups is 1. The molecular weight excluding hydrogens is 372 g/mol. The van der Waals surface area contributed by atoms with Crippen LogP contribution in [0.2, 0.25) is 0 Å². The highest BCUT2D eigenvalue weighted by Gasteiger charge is 2.28. The van der Waals surface area contributed by atoms with Crippen molar-refractivity contribution in [1.29, 1.82) is 0 Å². The zero-order valence-electron chi connectivity index (χ0n) is 17.5. The average molecular weight is 407 g/mol. The minimum absolute atomic E-state index is 0.0204. The first-order chi connectivity index (χ1) is 13.3. The van der Waals surface area contributed by atoms with Crippen molar-refractivity contribution in [2.45, 2.75) is 63.3 Å². The van der Waals surface area contributed by atoms with E-state index in [1.54, 1.807) is 6.07 Å². The SMILES string of the molecule is CC(C)CN(C(=O)CCS(=O)(=O)c1ccc2c(c1)CCC2)C1CCN(C)CC1. The first-order valence-electron chi connectivity index (χ1n) is 10.6. The summed E-state index contributed by atoms with van der Waals surface area (Å²) in [7, 11) is -1.33. The second kappa shape index (κ2) is 8.95. The molecule has 1 aliphatic carbocycles. The summed E-state index contributed by atoms with van der Waals surface area (Å²) >= 11 is 0. The normalized spacial score (nSPS) is 18.4. The van der Waals surface area contributed by atoms with Gasteiger partial charge in [0.1, 0.15) is 0 Å². The zero-order valence-corrected chi connectivity index (χ0v) is 18.3. The molecule has 0 bridgehead atoms. The summed E-state index contributed by atoms with van der Waals surface area (Å²) in [5, 5.41) is 0. The first-order valence-corrected chi connectivity index (χ1v) is 12.2. The Bertz CT molecular complexity index is 796. The molecule has 6 heteroatoms. The molecule has 0 saturated carbocycles. The molecule has 1 fully saturated rings. The fourth-order valence-electron chi connectivity index (χ4n) is 4.38. The highest BCUT2D eigenvalue weighted by Crippen LogP contribution is 2.26. The molecule has 0 N–H and O–H groups in total. The van der Waals surface area contributed by atoms with Crippen molar-refractivity contribution in [3.05, 3.63) is 29.3 Å². The van der Waals surface area contributed by atoms with E-state index in [9.17, 15) is 13.2 Å². The smallest absolute Gasteiger partial charge is 0.223 e. The summed E-state index contributed by atoms with van der Waals surface area (Å²) < 4.78 is 25.6. The fourth-order valence-corrected chi connectivity index (χ4v) is 5.66. The molecule has 1 amide bonds. The molecule has 1 heterocycles. The number of amides is 1. The highest BCUT2D eigenvalue weighted by atomic mass is 32.2. The summed E-state index contributed by atoms with van der Waals surface area (Å²) in [5.41, 5.74) is 2.42. The molecule has 156 valence electrons. The van der Waals surface area contributed by atoms with E-state index in [0.717, 1.165) is 50.8 Å². The van der Waals surface area contributed by atoms with Gasteiger partial charge in [-0.3, -0.25) is 4.79 Å². The number of hydrogen-bond donors (Lipinski definition) is 0. The molecule has 2 aliphatic rings. The van der Waals surface area contributed by atoms with Gasteiger partial charge >= 0.3 is 0 Å². The third-order valence-corrected chi connectivity index (χ3v) is 7.74. The van der Waals surface area contributed by atoms with Crippen LogP contribution in [-0.2, 0) is 27.5 Å². The lowest BCUT2D eigenvalue weighted by Gasteiger charge is -2.38. The molecule has 0 unspecified atom stereocenters. The van der Waals surface area contributed by atoms with Gasteiger partial charge in [-0.1, -0.05) is 19.9 Å². The van der Waals surface area contributed by atoms with E-state index in [0.29, 0.717) is 17.4 Å². The Kier molecular flexibility index (Phi) is 6.81. The predicted molar refractivity (Wildman–Crippen MR) is 112 cm³/mol. The van der Waals surface area contributed by atoms with Crippen LogP contribution in [0.25, 0.3) is 0 Å². The van der Waals surface area contributed by atoms with Gasteiger partial charge in [0.15, 0.2) is 9.84 Å². The van der Waals surface area contributed by atoms with Crippen molar-refractivity contribution in [3.8, 4) is 0 Å². The highest BCUT2D eigenvalue weighted by molar-refractivity contribution is 7.91. The molecule has 1 aromatic rings. The fraction of sp³-hybridized carbons (Fsp3) is 0.682. The van der Waals surface area contributed by atoms with Gasteiger partial charge in [-0.05, 0) is 81.4 Å². The van der Waals surface area contributed by atoms with Crippen LogP contribution in [0.5, 0.6) is 0 Å². The Morgan fingerprint density at radius 3 is 2.54 bits per heavy atom. The van der Waals surface area contributed by atoms with Crippen LogP contribution >= 0.6 is 0 Å². The second-order valence-electron chi connectivity index (χ2n) is 8.83. The molecule has 5 nitrogen and oxygen atoms in total. The van der Waals surface area contributed by atoms with Crippen LogP contribution in [0.1, 0.15) is 50.7 Å². The predicted octanol–water partition coefficient (Wildman–Crippen LogP) is 2.92. The molecule has 3 rings (SSSR count). The van der Waals surface area contributed by atoms with Crippen molar-refractivity contribution in [2.75, 3.05) is 32.4 Å². The Labute approximate surface area is 170 Å². The van der Waals surface area contributed by atoms with Gasteiger partial charge in [0.2, 0.25) is 5.91 Å². The van der Waals surface area contributed by atoms with Gasteiger partial charge in [0.25, 0.3) is 0 Å². The van der Waals surface area contributed by atoms with E-state index >= 15 is 0 Å². The van der Waals surface area contributed by atoms with Gasteiger partial charge in [0.05, 0.1) is 10.6 Å². The van der Waals surface area contributed by atoms with Gasteiger partial charge in [0, 0.05) is 19.0 Å². The summed E-state index contributed by atoms with van der Waals surface area (Å²) in [6, 6.07) is 5.71. The molecule has 1 aromatic carbocycles. The number of rotatable bonds is 7. The van der Waals surface area contributed by atoms with E-state index in [2.05, 4.69) is 25.8 Å². The third-order valence-electron chi connectivity index (χ3n) is 6.02. The number of hydrogen-bond acceptors (Lipinski definition) is 4. The molecule has 1 saturated heterocycles. The maximum atomic E-state index is 13.0. The largest absolute Gasteiger partial charge is 0.339 e. The average Bonchev–Trinajstić information content (AvgIpc) is 3.13. The standard InChI is InChI=1S/C22H34N2O3S/c1-17(2)16-24(20-9-12-23(3)13-10-20)22(25)11-14-28(26,27)21-8-7-18-5-4-6-19(18)15-21/h7-8,15,17,20H,4-6,9-14,16H2,1-3H3. The summed E-state index contributed by atoms with van der Waals surface area (Å²) in [5.74, 6) is 0.246. The molecule has 0 spiro atoms. The number of carbonyl (C=O) groups excluding carboxylic acids is 1. The lowest BCUT2D eigenvalue weighted by Crippen LogP contribution is -2.48. The minimum atomic E-state index is -3.43. The van der Waals surface area contributed by atoms with Crippen LogP contribution in [0.3, 0.4) is 0 Å². The third kappa shape index (κ3) is 5.15. The van der Waals surface area contributed by atoms with E-state index in [4.69, 9.17) is 0 Å². The topological polar surface area (TPSA) is 57.7 Å². The molecule has 1 aliphatic heterocycles. The lowest BCUT2D eigenvalue weighted by atomic mass is 10.0. The van der Waals surface area contributed by atoms with Crippen LogP contribution in [-0.4, -0.2) is 62.6 Å². The Balaban J connectivity index is 1.65. The van der Waals surface area contributed by atoms with Crippen molar-refractivity contribution in [2.24, 2.45) is 5.92 Å². The molecule has 0 radical (unpaired) electrons. The summed E-state index contributed by atoms with van der Waals surface area (Å²) in [4.78, 5) is 17.6. The van der Waals surface area contributed by atoms with Crippen molar-refractivity contribution >= 4 is 15.7 Å². The van der Waals surface area contributed by atoms with Crippen molar-refractivity contribution in [1.82, 2.24) is 9.80 Å². The number of piperidine rings is 1. The second-order valence-corrected chi connectivity index (χ2v) is 10.9. The number of nitrogens with zero attached hydrogens (tertiary/aromatic N) is 2. The Morgan fingerprint density at radius 1 is 1.18 bits per heavy atom. The molecule has 0 aromatic heterocycles. The lowest BCUT2D eigenvalue weighted by molar-refractivity contribution is -0.134. The van der Waals surface area contributed by atoms with E-state index < -0.39 is 9.84 Å².